The lowest BCUT2D eigenvalue weighted by atomic mass is 9.91. The van der Waals surface area contributed by atoms with E-state index in [0.29, 0.717) is 6.04 Å². The molecular formula is C16H24BrN. The average Bonchev–Trinajstić information content (AvgIpc) is 3.10. The normalized spacial score (nSPS) is 16.9. The summed E-state index contributed by atoms with van der Waals surface area (Å²) in [6.07, 6.45) is 4.14. The third-order valence-corrected chi connectivity index (χ3v) is 5.22. The van der Waals surface area contributed by atoms with Crippen LogP contribution < -0.4 is 5.32 Å². The first-order chi connectivity index (χ1) is 8.54. The van der Waals surface area contributed by atoms with Crippen LogP contribution >= 0.6 is 15.9 Å². The molecule has 2 heteroatoms. The van der Waals surface area contributed by atoms with E-state index < -0.39 is 0 Å². The van der Waals surface area contributed by atoms with Crippen LogP contribution in [-0.4, -0.2) is 6.54 Å². The number of hydrogen-bond donors (Lipinski definition) is 1. The van der Waals surface area contributed by atoms with Crippen LogP contribution in [-0.2, 0) is 0 Å². The molecular weight excluding hydrogens is 286 g/mol. The molecule has 1 saturated carbocycles. The Labute approximate surface area is 119 Å². The van der Waals surface area contributed by atoms with Gasteiger partial charge in [0, 0.05) is 10.5 Å². The van der Waals surface area contributed by atoms with E-state index >= 15 is 0 Å². The molecule has 0 aromatic heterocycles. The van der Waals surface area contributed by atoms with Gasteiger partial charge in [-0.1, -0.05) is 41.8 Å². The van der Waals surface area contributed by atoms with Crippen LogP contribution in [0.3, 0.4) is 0 Å². The first-order valence-corrected chi connectivity index (χ1v) is 7.83. The van der Waals surface area contributed by atoms with Crippen molar-refractivity contribution in [1.82, 2.24) is 5.32 Å². The van der Waals surface area contributed by atoms with Crippen molar-refractivity contribution in [2.24, 2.45) is 5.92 Å². The lowest BCUT2D eigenvalue weighted by molar-refractivity contribution is 0.483. The molecule has 0 amide bonds. The molecule has 0 spiro atoms. The van der Waals surface area contributed by atoms with Gasteiger partial charge in [0.15, 0.2) is 0 Å². The van der Waals surface area contributed by atoms with E-state index in [0.717, 1.165) is 12.5 Å². The number of halogens is 1. The second-order valence-corrected chi connectivity index (χ2v) is 6.45. The molecule has 2 rings (SSSR count). The van der Waals surface area contributed by atoms with Gasteiger partial charge in [0.1, 0.15) is 0 Å². The highest BCUT2D eigenvalue weighted by atomic mass is 79.9. The third kappa shape index (κ3) is 2.97. The van der Waals surface area contributed by atoms with Crippen LogP contribution in [0.15, 0.2) is 10.5 Å². The topological polar surface area (TPSA) is 12.0 Å². The van der Waals surface area contributed by atoms with Crippen molar-refractivity contribution < 1.29 is 0 Å². The van der Waals surface area contributed by atoms with Crippen molar-refractivity contribution >= 4 is 15.9 Å². The number of rotatable bonds is 5. The fourth-order valence-electron chi connectivity index (χ4n) is 2.95. The van der Waals surface area contributed by atoms with Crippen LogP contribution in [0.4, 0.5) is 0 Å². The minimum Gasteiger partial charge on any atom is -0.310 e. The van der Waals surface area contributed by atoms with E-state index in [2.05, 4.69) is 55.0 Å². The Morgan fingerprint density at radius 3 is 2.50 bits per heavy atom. The molecule has 1 atom stereocenters. The highest BCUT2D eigenvalue weighted by Gasteiger charge is 2.27. The largest absolute Gasteiger partial charge is 0.310 e. The lowest BCUT2D eigenvalue weighted by Crippen LogP contribution is -2.23. The Balaban J connectivity index is 2.35. The fraction of sp³-hybridized carbons (Fsp3) is 0.625. The van der Waals surface area contributed by atoms with Gasteiger partial charge in [-0.15, -0.1) is 0 Å². The number of nitrogens with one attached hydrogen (secondary N) is 1. The van der Waals surface area contributed by atoms with Gasteiger partial charge in [0.05, 0.1) is 0 Å². The van der Waals surface area contributed by atoms with Gasteiger partial charge in [-0.2, -0.15) is 0 Å². The molecule has 18 heavy (non-hydrogen) atoms. The van der Waals surface area contributed by atoms with Gasteiger partial charge in [-0.25, -0.2) is 0 Å². The highest BCUT2D eigenvalue weighted by Crippen LogP contribution is 2.40. The number of hydrogen-bond acceptors (Lipinski definition) is 1. The van der Waals surface area contributed by atoms with Crippen molar-refractivity contribution in [3.8, 4) is 0 Å². The van der Waals surface area contributed by atoms with Gasteiger partial charge in [-0.05, 0) is 61.9 Å². The van der Waals surface area contributed by atoms with E-state index in [1.165, 1.54) is 46.0 Å². The van der Waals surface area contributed by atoms with Gasteiger partial charge in [0.2, 0.25) is 0 Å². The fourth-order valence-corrected chi connectivity index (χ4v) is 3.28. The summed E-state index contributed by atoms with van der Waals surface area (Å²) in [6.45, 7) is 9.92. The van der Waals surface area contributed by atoms with Gasteiger partial charge >= 0.3 is 0 Å². The van der Waals surface area contributed by atoms with E-state index in [1.54, 1.807) is 0 Å². The van der Waals surface area contributed by atoms with Crippen LogP contribution in [0.25, 0.3) is 0 Å². The Kier molecular flexibility index (Phi) is 4.50. The molecule has 1 aromatic rings. The van der Waals surface area contributed by atoms with E-state index in [9.17, 15) is 0 Å². The summed E-state index contributed by atoms with van der Waals surface area (Å²) in [5.41, 5.74) is 5.70. The summed E-state index contributed by atoms with van der Waals surface area (Å²) in [7, 11) is 0. The van der Waals surface area contributed by atoms with Gasteiger partial charge < -0.3 is 5.32 Å². The summed E-state index contributed by atoms with van der Waals surface area (Å²) < 4.78 is 1.28. The van der Waals surface area contributed by atoms with Crippen molar-refractivity contribution in [1.29, 1.82) is 0 Å². The minimum absolute atomic E-state index is 0.527. The maximum absolute atomic E-state index is 3.74. The quantitative estimate of drug-likeness (QED) is 0.822. The van der Waals surface area contributed by atoms with Crippen LogP contribution in [0, 0.1) is 26.7 Å². The second-order valence-electron chi connectivity index (χ2n) is 5.65. The van der Waals surface area contributed by atoms with Crippen molar-refractivity contribution in [3.05, 3.63) is 32.8 Å². The Morgan fingerprint density at radius 2 is 1.94 bits per heavy atom. The highest BCUT2D eigenvalue weighted by molar-refractivity contribution is 9.10. The zero-order chi connectivity index (χ0) is 13.3. The van der Waals surface area contributed by atoms with E-state index in [-0.39, 0.29) is 0 Å². The third-order valence-electron chi connectivity index (χ3n) is 4.00. The molecule has 0 saturated heterocycles. The predicted octanol–water partition coefficient (Wildman–Crippen LogP) is 4.83. The van der Waals surface area contributed by atoms with Crippen molar-refractivity contribution in [2.45, 2.75) is 53.0 Å². The number of aryl methyl sites for hydroxylation is 2. The number of benzene rings is 1. The summed E-state index contributed by atoms with van der Waals surface area (Å²) in [5.74, 6) is 0.952. The van der Waals surface area contributed by atoms with Crippen molar-refractivity contribution in [3.63, 3.8) is 0 Å². The van der Waals surface area contributed by atoms with Crippen LogP contribution in [0.5, 0.6) is 0 Å². The van der Waals surface area contributed by atoms with Gasteiger partial charge in [0.25, 0.3) is 0 Å². The maximum Gasteiger partial charge on any atom is 0.0328 e. The molecule has 100 valence electrons. The molecule has 1 aromatic carbocycles. The molecule has 1 nitrogen and oxygen atoms in total. The molecule has 0 aliphatic heterocycles. The summed E-state index contributed by atoms with van der Waals surface area (Å²) >= 11 is 3.74. The monoisotopic (exact) mass is 309 g/mol. The van der Waals surface area contributed by atoms with E-state index in [4.69, 9.17) is 0 Å². The maximum atomic E-state index is 3.74. The minimum atomic E-state index is 0.527. The molecule has 0 bridgehead atoms. The molecule has 1 unspecified atom stereocenters. The standard InChI is InChI=1S/C16H24BrN/c1-5-18-14(9-13-6-7-13)15-10(2)8-11(3)16(17)12(15)4/h8,13-14,18H,5-7,9H2,1-4H3. The SMILES string of the molecule is CCNC(CC1CC1)c1c(C)cc(C)c(Br)c1C. The smallest absolute Gasteiger partial charge is 0.0328 e. The zero-order valence-corrected chi connectivity index (χ0v) is 13.5. The first kappa shape index (κ1) is 14.1. The molecule has 1 aliphatic carbocycles. The molecule has 1 aliphatic rings. The average molecular weight is 310 g/mol. The summed E-state index contributed by atoms with van der Waals surface area (Å²) in [6, 6.07) is 2.84. The first-order valence-electron chi connectivity index (χ1n) is 7.04. The summed E-state index contributed by atoms with van der Waals surface area (Å²) in [4.78, 5) is 0. The van der Waals surface area contributed by atoms with Crippen molar-refractivity contribution in [2.75, 3.05) is 6.54 Å². The zero-order valence-electron chi connectivity index (χ0n) is 11.9. The second kappa shape index (κ2) is 5.75. The Hall–Kier alpha value is -0.340. The lowest BCUT2D eigenvalue weighted by Gasteiger charge is -2.24. The van der Waals surface area contributed by atoms with Gasteiger partial charge in [-0.3, -0.25) is 0 Å². The predicted molar refractivity (Wildman–Crippen MR) is 82.1 cm³/mol. The molecule has 1 fully saturated rings. The molecule has 1 N–H and O–H groups in total. The molecule has 0 heterocycles. The van der Waals surface area contributed by atoms with E-state index in [1.807, 2.05) is 0 Å². The summed E-state index contributed by atoms with van der Waals surface area (Å²) in [5, 5.41) is 3.68. The Morgan fingerprint density at radius 1 is 1.28 bits per heavy atom. The van der Waals surface area contributed by atoms with Crippen LogP contribution in [0.1, 0.15) is 54.5 Å². The Bertz CT molecular complexity index is 435. The molecule has 0 radical (unpaired) electrons. The van der Waals surface area contributed by atoms with Crippen LogP contribution in [0.2, 0.25) is 0 Å².